The number of hydrogen-bond donors (Lipinski definition) is 3. The zero-order chi connectivity index (χ0) is 13.8. The molecular weight excluding hydrogens is 232 g/mol. The molecule has 0 aromatic carbocycles. The predicted octanol–water partition coefficient (Wildman–Crippen LogP) is 1.03. The molecule has 0 aliphatic carbocycles. The van der Waals surface area contributed by atoms with Crippen LogP contribution in [0.2, 0.25) is 0 Å². The van der Waals surface area contributed by atoms with Crippen molar-refractivity contribution in [1.29, 1.82) is 0 Å². The molecule has 5 heteroatoms. The van der Waals surface area contributed by atoms with Crippen molar-refractivity contribution in [3.63, 3.8) is 0 Å². The van der Waals surface area contributed by atoms with Crippen molar-refractivity contribution in [1.82, 2.24) is 10.6 Å². The molecule has 0 saturated carbocycles. The van der Waals surface area contributed by atoms with Gasteiger partial charge in [0.15, 0.2) is 0 Å². The van der Waals surface area contributed by atoms with Crippen LogP contribution < -0.4 is 10.6 Å². The van der Waals surface area contributed by atoms with Crippen LogP contribution in [0.5, 0.6) is 0 Å². The van der Waals surface area contributed by atoms with Gasteiger partial charge >= 0.3 is 0 Å². The number of rotatable bonds is 6. The highest BCUT2D eigenvalue weighted by Crippen LogP contribution is 2.09. The van der Waals surface area contributed by atoms with Crippen LogP contribution in [-0.2, 0) is 11.3 Å². The van der Waals surface area contributed by atoms with Gasteiger partial charge in [-0.1, -0.05) is 0 Å². The first-order chi connectivity index (χ1) is 8.33. The van der Waals surface area contributed by atoms with Crippen molar-refractivity contribution in [2.45, 2.75) is 51.9 Å². The number of nitrogens with one attached hydrogen (secondary N) is 2. The second-order valence-corrected chi connectivity index (χ2v) is 5.06. The highest BCUT2D eigenvalue weighted by molar-refractivity contribution is 5.81. The van der Waals surface area contributed by atoms with Gasteiger partial charge in [-0.05, 0) is 39.8 Å². The highest BCUT2D eigenvalue weighted by atomic mass is 16.3. The minimum Gasteiger partial charge on any atom is -0.467 e. The average molecular weight is 254 g/mol. The summed E-state index contributed by atoms with van der Waals surface area (Å²) in [5.74, 6) is 0.588. The first kappa shape index (κ1) is 14.7. The standard InChI is InChI=1S/C13H22N2O3/c1-9(15-13(3,4)10(2)16)12(17)14-8-11-6-5-7-18-11/h5-7,9-10,15-16H,8H2,1-4H3,(H,14,17). The Kier molecular flexibility index (Phi) is 4.93. The van der Waals surface area contributed by atoms with Gasteiger partial charge in [0.1, 0.15) is 5.76 Å². The summed E-state index contributed by atoms with van der Waals surface area (Å²) >= 11 is 0. The number of aliphatic hydroxyl groups excluding tert-OH is 1. The van der Waals surface area contributed by atoms with E-state index in [1.54, 1.807) is 32.2 Å². The van der Waals surface area contributed by atoms with E-state index in [2.05, 4.69) is 10.6 Å². The first-order valence-electron chi connectivity index (χ1n) is 6.09. The van der Waals surface area contributed by atoms with E-state index in [0.717, 1.165) is 0 Å². The van der Waals surface area contributed by atoms with Gasteiger partial charge in [-0.3, -0.25) is 10.1 Å². The fraction of sp³-hybridized carbons (Fsp3) is 0.615. The summed E-state index contributed by atoms with van der Waals surface area (Å²) in [4.78, 5) is 11.8. The molecule has 0 radical (unpaired) electrons. The van der Waals surface area contributed by atoms with Gasteiger partial charge in [-0.25, -0.2) is 0 Å². The smallest absolute Gasteiger partial charge is 0.237 e. The lowest BCUT2D eigenvalue weighted by Gasteiger charge is -2.32. The molecule has 0 saturated heterocycles. The molecule has 0 aliphatic heterocycles. The van der Waals surface area contributed by atoms with Crippen LogP contribution in [0.15, 0.2) is 22.8 Å². The number of amides is 1. The number of aliphatic hydroxyl groups is 1. The van der Waals surface area contributed by atoms with Crippen molar-refractivity contribution in [3.05, 3.63) is 24.2 Å². The van der Waals surface area contributed by atoms with Crippen LogP contribution in [-0.4, -0.2) is 28.7 Å². The highest BCUT2D eigenvalue weighted by Gasteiger charge is 2.27. The lowest BCUT2D eigenvalue weighted by Crippen LogP contribution is -2.56. The van der Waals surface area contributed by atoms with E-state index in [1.807, 2.05) is 13.8 Å². The Bertz CT molecular complexity index is 372. The van der Waals surface area contributed by atoms with Crippen LogP contribution in [0.25, 0.3) is 0 Å². The van der Waals surface area contributed by atoms with Crippen molar-refractivity contribution in [3.8, 4) is 0 Å². The molecule has 2 atom stereocenters. The number of carbonyl (C=O) groups is 1. The topological polar surface area (TPSA) is 74.5 Å². The molecule has 0 aliphatic rings. The van der Waals surface area contributed by atoms with E-state index in [4.69, 9.17) is 4.42 Å². The molecule has 18 heavy (non-hydrogen) atoms. The van der Waals surface area contributed by atoms with Crippen LogP contribution in [0, 0.1) is 0 Å². The van der Waals surface area contributed by atoms with Crippen molar-refractivity contribution >= 4 is 5.91 Å². The second kappa shape index (κ2) is 6.02. The van der Waals surface area contributed by atoms with Gasteiger partial charge in [0.2, 0.25) is 5.91 Å². The molecule has 1 aromatic rings. The number of carbonyl (C=O) groups excluding carboxylic acids is 1. The summed E-state index contributed by atoms with van der Waals surface area (Å²) in [6, 6.07) is 3.20. The normalized spacial score (nSPS) is 15.2. The molecule has 5 nitrogen and oxygen atoms in total. The van der Waals surface area contributed by atoms with Gasteiger partial charge in [-0.15, -0.1) is 0 Å². The Labute approximate surface area is 108 Å². The SMILES string of the molecule is CC(NC(C)(C)C(C)O)C(=O)NCc1ccco1. The fourth-order valence-corrected chi connectivity index (χ4v) is 1.48. The van der Waals surface area contributed by atoms with E-state index < -0.39 is 11.6 Å². The minimum atomic E-state index is -0.544. The molecule has 0 spiro atoms. The Balaban J connectivity index is 2.42. The van der Waals surface area contributed by atoms with Crippen molar-refractivity contribution in [2.75, 3.05) is 0 Å². The molecule has 0 fully saturated rings. The molecule has 1 heterocycles. The van der Waals surface area contributed by atoms with E-state index in [9.17, 15) is 9.90 Å². The van der Waals surface area contributed by atoms with Crippen LogP contribution >= 0.6 is 0 Å². The third-order valence-electron chi connectivity index (χ3n) is 3.04. The lowest BCUT2D eigenvalue weighted by atomic mass is 9.97. The molecule has 0 bridgehead atoms. The van der Waals surface area contributed by atoms with Crippen LogP contribution in [0.1, 0.15) is 33.5 Å². The third-order valence-corrected chi connectivity index (χ3v) is 3.04. The summed E-state index contributed by atoms with van der Waals surface area (Å²) in [6.07, 6.45) is 1.03. The quantitative estimate of drug-likeness (QED) is 0.709. The van der Waals surface area contributed by atoms with Gasteiger partial charge in [-0.2, -0.15) is 0 Å². The molecular formula is C13H22N2O3. The Morgan fingerprint density at radius 2 is 2.17 bits per heavy atom. The van der Waals surface area contributed by atoms with E-state index in [1.165, 1.54) is 0 Å². The molecule has 2 unspecified atom stereocenters. The summed E-state index contributed by atoms with van der Waals surface area (Å²) in [5, 5.41) is 15.4. The maximum atomic E-state index is 11.8. The zero-order valence-electron chi connectivity index (χ0n) is 11.4. The lowest BCUT2D eigenvalue weighted by molar-refractivity contribution is -0.123. The summed E-state index contributed by atoms with van der Waals surface area (Å²) in [5.41, 5.74) is -0.512. The average Bonchev–Trinajstić information content (AvgIpc) is 2.77. The Morgan fingerprint density at radius 1 is 1.50 bits per heavy atom. The Morgan fingerprint density at radius 3 is 2.67 bits per heavy atom. The van der Waals surface area contributed by atoms with Gasteiger partial charge < -0.3 is 14.8 Å². The van der Waals surface area contributed by atoms with Gasteiger partial charge in [0.25, 0.3) is 0 Å². The van der Waals surface area contributed by atoms with Crippen LogP contribution in [0.3, 0.4) is 0 Å². The molecule has 1 amide bonds. The van der Waals surface area contributed by atoms with Crippen molar-refractivity contribution < 1.29 is 14.3 Å². The predicted molar refractivity (Wildman–Crippen MR) is 68.9 cm³/mol. The molecule has 1 aromatic heterocycles. The first-order valence-corrected chi connectivity index (χ1v) is 6.09. The van der Waals surface area contributed by atoms with E-state index in [0.29, 0.717) is 12.3 Å². The summed E-state index contributed by atoms with van der Waals surface area (Å²) in [7, 11) is 0. The zero-order valence-corrected chi connectivity index (χ0v) is 11.4. The van der Waals surface area contributed by atoms with E-state index >= 15 is 0 Å². The minimum absolute atomic E-state index is 0.125. The summed E-state index contributed by atoms with van der Waals surface area (Å²) in [6.45, 7) is 7.54. The second-order valence-electron chi connectivity index (χ2n) is 5.06. The number of hydrogen-bond acceptors (Lipinski definition) is 4. The summed E-state index contributed by atoms with van der Waals surface area (Å²) < 4.78 is 5.13. The largest absolute Gasteiger partial charge is 0.467 e. The monoisotopic (exact) mass is 254 g/mol. The van der Waals surface area contributed by atoms with Crippen LogP contribution in [0.4, 0.5) is 0 Å². The van der Waals surface area contributed by atoms with Gasteiger partial charge in [0.05, 0.1) is 25.0 Å². The number of furan rings is 1. The van der Waals surface area contributed by atoms with Crippen molar-refractivity contribution in [2.24, 2.45) is 0 Å². The maximum Gasteiger partial charge on any atom is 0.237 e. The molecule has 1 rings (SSSR count). The Hall–Kier alpha value is -1.33. The molecule has 102 valence electrons. The maximum absolute atomic E-state index is 11.8. The van der Waals surface area contributed by atoms with E-state index in [-0.39, 0.29) is 11.9 Å². The molecule has 3 N–H and O–H groups in total. The van der Waals surface area contributed by atoms with Gasteiger partial charge in [0, 0.05) is 5.54 Å². The third kappa shape index (κ3) is 4.16. The fourth-order valence-electron chi connectivity index (χ4n) is 1.48.